The molecular formula is C34H32O6. The molecule has 4 aromatic carbocycles. The zero-order valence-corrected chi connectivity index (χ0v) is 22.1. The first-order valence-electron chi connectivity index (χ1n) is 12.7. The van der Waals surface area contributed by atoms with E-state index in [1.54, 1.807) is 0 Å². The number of carboxylic acid groups (broad SMARTS) is 1. The molecule has 0 amide bonds. The van der Waals surface area contributed by atoms with E-state index in [9.17, 15) is 9.59 Å². The highest BCUT2D eigenvalue weighted by molar-refractivity contribution is 5.85. The maximum Gasteiger partial charge on any atom is 0.330 e. The Morgan fingerprint density at radius 2 is 1.32 bits per heavy atom. The molecule has 4 rings (SSSR count). The van der Waals surface area contributed by atoms with Gasteiger partial charge in [0.25, 0.3) is 0 Å². The predicted octanol–water partition coefficient (Wildman–Crippen LogP) is 7.59. The van der Waals surface area contributed by atoms with Gasteiger partial charge in [0.1, 0.15) is 23.9 Å². The van der Waals surface area contributed by atoms with Gasteiger partial charge in [-0.15, -0.1) is 0 Å². The topological polar surface area (TPSA) is 82.1 Å². The number of ether oxygens (including phenoxy) is 3. The van der Waals surface area contributed by atoms with Crippen LogP contribution in [-0.4, -0.2) is 23.7 Å². The van der Waals surface area contributed by atoms with Crippen LogP contribution in [0.4, 0.5) is 0 Å². The van der Waals surface area contributed by atoms with Crippen LogP contribution in [0.5, 0.6) is 17.2 Å². The molecular weight excluding hydrogens is 504 g/mol. The van der Waals surface area contributed by atoms with Gasteiger partial charge in [0.05, 0.1) is 0 Å². The number of rotatable bonds is 12. The van der Waals surface area contributed by atoms with Gasteiger partial charge in [0.15, 0.2) is 6.10 Å². The van der Waals surface area contributed by atoms with Gasteiger partial charge in [0.2, 0.25) is 0 Å². The molecule has 0 saturated carbocycles. The van der Waals surface area contributed by atoms with Crippen molar-refractivity contribution in [3.05, 3.63) is 151 Å². The van der Waals surface area contributed by atoms with Crippen LogP contribution in [0.3, 0.4) is 0 Å². The van der Waals surface area contributed by atoms with E-state index in [0.29, 0.717) is 12.8 Å². The minimum absolute atomic E-state index is 0.143. The number of carboxylic acids is 1. The Bertz CT molecular complexity index is 1370. The molecule has 0 bridgehead atoms. The molecule has 204 valence electrons. The highest BCUT2D eigenvalue weighted by atomic mass is 16.6. The standard InChI is InChI=1S/2C17H16O3/c1-13(17(18)19)11-12-14-7-5-6-10-16(14)20-15-8-3-2-4-9-15;1-2-17(18)19-13-16(14-9-5-3-6-10-14)20-15-11-7-4-8-12-15/h2-10H,1,11-12H2,(H,18,19);2-12,16H,1,13H2. The lowest BCUT2D eigenvalue weighted by atomic mass is 10.0. The summed E-state index contributed by atoms with van der Waals surface area (Å²) >= 11 is 0. The summed E-state index contributed by atoms with van der Waals surface area (Å²) < 4.78 is 16.8. The van der Waals surface area contributed by atoms with Crippen molar-refractivity contribution in [1.82, 2.24) is 0 Å². The Morgan fingerprint density at radius 3 is 1.93 bits per heavy atom. The quantitative estimate of drug-likeness (QED) is 0.148. The lowest BCUT2D eigenvalue weighted by Crippen LogP contribution is -2.16. The molecule has 0 spiro atoms. The van der Waals surface area contributed by atoms with Gasteiger partial charge in [-0.3, -0.25) is 0 Å². The third-order valence-corrected chi connectivity index (χ3v) is 5.68. The molecule has 4 aromatic rings. The summed E-state index contributed by atoms with van der Waals surface area (Å²) in [5, 5.41) is 8.83. The van der Waals surface area contributed by atoms with Crippen LogP contribution in [0, 0.1) is 0 Å². The fourth-order valence-electron chi connectivity index (χ4n) is 3.56. The van der Waals surface area contributed by atoms with Crippen LogP contribution in [0.15, 0.2) is 140 Å². The monoisotopic (exact) mass is 536 g/mol. The van der Waals surface area contributed by atoms with Crippen molar-refractivity contribution < 1.29 is 28.9 Å². The number of hydrogen-bond donors (Lipinski definition) is 1. The molecule has 1 atom stereocenters. The van der Waals surface area contributed by atoms with Crippen LogP contribution >= 0.6 is 0 Å². The summed E-state index contributed by atoms with van der Waals surface area (Å²) in [5.74, 6) is 0.832. The molecule has 1 N–H and O–H groups in total. The fourth-order valence-corrected chi connectivity index (χ4v) is 3.56. The van der Waals surface area contributed by atoms with Crippen LogP contribution in [0.1, 0.15) is 23.7 Å². The minimum Gasteiger partial charge on any atom is -0.482 e. The van der Waals surface area contributed by atoms with Crippen LogP contribution in [-0.2, 0) is 20.7 Å². The second kappa shape index (κ2) is 16.0. The average Bonchev–Trinajstić information content (AvgIpc) is 3.00. The minimum atomic E-state index is -0.952. The van der Waals surface area contributed by atoms with Gasteiger partial charge in [-0.25, -0.2) is 9.59 Å². The molecule has 0 saturated heterocycles. The van der Waals surface area contributed by atoms with Crippen LogP contribution < -0.4 is 9.47 Å². The smallest absolute Gasteiger partial charge is 0.330 e. The highest BCUT2D eigenvalue weighted by Crippen LogP contribution is 2.26. The summed E-state index contributed by atoms with van der Waals surface area (Å²) in [5.41, 5.74) is 2.13. The molecule has 6 nitrogen and oxygen atoms in total. The number of benzene rings is 4. The zero-order chi connectivity index (χ0) is 28.6. The Hall–Kier alpha value is -5.10. The lowest BCUT2D eigenvalue weighted by molar-refractivity contribution is -0.140. The second-order valence-electron chi connectivity index (χ2n) is 8.60. The Labute approximate surface area is 234 Å². The number of para-hydroxylation sites is 3. The summed E-state index contributed by atoms with van der Waals surface area (Å²) in [6.45, 7) is 7.07. The van der Waals surface area contributed by atoms with E-state index in [-0.39, 0.29) is 18.3 Å². The zero-order valence-electron chi connectivity index (χ0n) is 22.1. The van der Waals surface area contributed by atoms with Gasteiger partial charge in [0, 0.05) is 11.6 Å². The molecule has 0 radical (unpaired) electrons. The molecule has 6 heteroatoms. The molecule has 0 heterocycles. The van der Waals surface area contributed by atoms with Crippen LogP contribution in [0.2, 0.25) is 0 Å². The largest absolute Gasteiger partial charge is 0.482 e. The molecule has 0 aromatic heterocycles. The lowest BCUT2D eigenvalue weighted by Gasteiger charge is -2.19. The maximum absolute atomic E-state index is 11.2. The Balaban J connectivity index is 0.000000220. The van der Waals surface area contributed by atoms with Crippen LogP contribution in [0.25, 0.3) is 0 Å². The highest BCUT2D eigenvalue weighted by Gasteiger charge is 2.15. The van der Waals surface area contributed by atoms with Crippen molar-refractivity contribution in [3.8, 4) is 17.2 Å². The molecule has 0 aliphatic rings. The van der Waals surface area contributed by atoms with Crippen molar-refractivity contribution in [2.75, 3.05) is 6.61 Å². The van der Waals surface area contributed by atoms with Crippen molar-refractivity contribution >= 4 is 11.9 Å². The first kappa shape index (κ1) is 29.5. The number of carbonyl (C=O) groups excluding carboxylic acids is 1. The fraction of sp³-hybridized carbons (Fsp3) is 0.118. The maximum atomic E-state index is 11.2. The number of aliphatic carboxylic acids is 1. The van der Waals surface area contributed by atoms with Gasteiger partial charge in [-0.2, -0.15) is 0 Å². The SMILES string of the molecule is C=C(CCc1ccccc1Oc1ccccc1)C(=O)O.C=CC(=O)OCC(Oc1ccccc1)c1ccccc1. The summed E-state index contributed by atoms with van der Waals surface area (Å²) in [4.78, 5) is 22.0. The molecule has 0 fully saturated rings. The molecule has 1 unspecified atom stereocenters. The van der Waals surface area contributed by atoms with E-state index in [1.807, 2.05) is 115 Å². The van der Waals surface area contributed by atoms with E-state index in [0.717, 1.165) is 34.5 Å². The first-order chi connectivity index (χ1) is 19.5. The van der Waals surface area contributed by atoms with Crippen molar-refractivity contribution in [2.24, 2.45) is 0 Å². The first-order valence-corrected chi connectivity index (χ1v) is 12.7. The van der Waals surface area contributed by atoms with Gasteiger partial charge in [-0.1, -0.05) is 98.1 Å². The van der Waals surface area contributed by atoms with E-state index in [1.165, 1.54) is 0 Å². The van der Waals surface area contributed by atoms with Gasteiger partial charge < -0.3 is 19.3 Å². The number of esters is 1. The van der Waals surface area contributed by atoms with E-state index in [4.69, 9.17) is 19.3 Å². The third-order valence-electron chi connectivity index (χ3n) is 5.68. The summed E-state index contributed by atoms with van der Waals surface area (Å²) in [6, 6.07) is 36.2. The molecule has 0 aliphatic heterocycles. The normalized spacial score (nSPS) is 10.7. The number of aryl methyl sites for hydroxylation is 1. The van der Waals surface area contributed by atoms with E-state index >= 15 is 0 Å². The van der Waals surface area contributed by atoms with Crippen molar-refractivity contribution in [3.63, 3.8) is 0 Å². The van der Waals surface area contributed by atoms with E-state index in [2.05, 4.69) is 13.2 Å². The second-order valence-corrected chi connectivity index (χ2v) is 8.60. The Kier molecular flexibility index (Phi) is 11.8. The molecule has 0 aliphatic carbocycles. The summed E-state index contributed by atoms with van der Waals surface area (Å²) in [7, 11) is 0. The summed E-state index contributed by atoms with van der Waals surface area (Å²) in [6.07, 6.45) is 1.80. The van der Waals surface area contributed by atoms with Crippen molar-refractivity contribution in [1.29, 1.82) is 0 Å². The van der Waals surface area contributed by atoms with Gasteiger partial charge in [-0.05, 0) is 54.3 Å². The Morgan fingerprint density at radius 1 is 0.775 bits per heavy atom. The third kappa shape index (κ3) is 9.99. The van der Waals surface area contributed by atoms with Gasteiger partial charge >= 0.3 is 11.9 Å². The predicted molar refractivity (Wildman–Crippen MR) is 155 cm³/mol. The average molecular weight is 537 g/mol. The number of hydrogen-bond acceptors (Lipinski definition) is 5. The van der Waals surface area contributed by atoms with E-state index < -0.39 is 11.9 Å². The number of carbonyl (C=O) groups is 2. The molecule has 40 heavy (non-hydrogen) atoms. The van der Waals surface area contributed by atoms with Crippen molar-refractivity contribution in [2.45, 2.75) is 18.9 Å².